The largest absolute Gasteiger partial charge is 0.313 e. The quantitative estimate of drug-likeness (QED) is 0.816. The molecule has 0 spiro atoms. The summed E-state index contributed by atoms with van der Waals surface area (Å²) in [6.07, 6.45) is 3.66. The number of hydrogen-bond donors (Lipinski definition) is 1. The van der Waals surface area contributed by atoms with Crippen molar-refractivity contribution in [2.24, 2.45) is 0 Å². The molecular weight excluding hydrogens is 194 g/mol. The fourth-order valence-electron chi connectivity index (χ4n) is 2.49. The van der Waals surface area contributed by atoms with Gasteiger partial charge in [-0.05, 0) is 48.4 Å². The van der Waals surface area contributed by atoms with Crippen molar-refractivity contribution in [3.8, 4) is 0 Å². The molecule has 0 aromatic heterocycles. The van der Waals surface area contributed by atoms with Gasteiger partial charge in [0.05, 0.1) is 0 Å². The molecule has 1 nitrogen and oxygen atoms in total. The second-order valence-electron chi connectivity index (χ2n) is 5.24. The Morgan fingerprint density at radius 3 is 2.69 bits per heavy atom. The minimum absolute atomic E-state index is 0.646. The maximum Gasteiger partial charge on any atom is 0.0148 e. The Bertz CT molecular complexity index is 354. The zero-order chi connectivity index (χ0) is 11.5. The molecule has 0 saturated carbocycles. The van der Waals surface area contributed by atoms with Gasteiger partial charge in [-0.25, -0.2) is 0 Å². The van der Waals surface area contributed by atoms with Crippen LogP contribution in [0.25, 0.3) is 0 Å². The first-order valence-corrected chi connectivity index (χ1v) is 6.55. The lowest BCUT2D eigenvalue weighted by atomic mass is 9.99. The van der Waals surface area contributed by atoms with E-state index in [-0.39, 0.29) is 0 Å². The first-order valence-electron chi connectivity index (χ1n) is 6.55. The number of hydrogen-bond acceptors (Lipinski definition) is 1. The van der Waals surface area contributed by atoms with Crippen LogP contribution in [0.1, 0.15) is 49.8 Å². The molecule has 2 rings (SSSR count). The van der Waals surface area contributed by atoms with Gasteiger partial charge in [-0.2, -0.15) is 0 Å². The lowest BCUT2D eigenvalue weighted by Crippen LogP contribution is -2.29. The van der Waals surface area contributed by atoms with Gasteiger partial charge in [-0.3, -0.25) is 0 Å². The van der Waals surface area contributed by atoms with Gasteiger partial charge >= 0.3 is 0 Å². The van der Waals surface area contributed by atoms with Crippen molar-refractivity contribution in [1.29, 1.82) is 0 Å². The van der Waals surface area contributed by atoms with Gasteiger partial charge < -0.3 is 5.32 Å². The summed E-state index contributed by atoms with van der Waals surface area (Å²) in [6, 6.07) is 7.72. The van der Waals surface area contributed by atoms with Crippen LogP contribution in [0.2, 0.25) is 0 Å². The van der Waals surface area contributed by atoms with E-state index in [1.807, 2.05) is 0 Å². The normalized spacial score (nSPS) is 19.1. The van der Waals surface area contributed by atoms with Crippen molar-refractivity contribution in [3.05, 3.63) is 34.9 Å². The molecule has 1 atom stereocenters. The summed E-state index contributed by atoms with van der Waals surface area (Å²) in [4.78, 5) is 0. The molecule has 1 unspecified atom stereocenters. The van der Waals surface area contributed by atoms with Crippen LogP contribution in [-0.4, -0.2) is 12.6 Å². The number of nitrogens with one attached hydrogen (secondary N) is 1. The third kappa shape index (κ3) is 2.46. The molecule has 1 heteroatoms. The topological polar surface area (TPSA) is 12.0 Å². The van der Waals surface area contributed by atoms with Gasteiger partial charge in [0.2, 0.25) is 0 Å². The second kappa shape index (κ2) is 5.01. The van der Waals surface area contributed by atoms with E-state index in [9.17, 15) is 0 Å². The van der Waals surface area contributed by atoms with E-state index in [1.54, 1.807) is 11.1 Å². The minimum Gasteiger partial charge on any atom is -0.313 e. The van der Waals surface area contributed by atoms with E-state index in [4.69, 9.17) is 0 Å². The van der Waals surface area contributed by atoms with Gasteiger partial charge in [-0.1, -0.05) is 39.0 Å². The van der Waals surface area contributed by atoms with Gasteiger partial charge in [0.15, 0.2) is 0 Å². The van der Waals surface area contributed by atoms with Crippen LogP contribution in [0.15, 0.2) is 18.2 Å². The SMILES string of the molecule is CCCNC1Cc2ccc(C(C)C)cc2C1. The molecule has 0 aliphatic heterocycles. The molecular formula is C15H23N. The Kier molecular flexibility index (Phi) is 3.65. The number of rotatable bonds is 4. The molecule has 1 aromatic carbocycles. The Hall–Kier alpha value is -0.820. The molecule has 0 heterocycles. The lowest BCUT2D eigenvalue weighted by Gasteiger charge is -2.09. The molecule has 16 heavy (non-hydrogen) atoms. The Morgan fingerprint density at radius 1 is 1.25 bits per heavy atom. The van der Waals surface area contributed by atoms with Crippen molar-refractivity contribution in [2.45, 2.75) is 52.0 Å². The molecule has 0 bridgehead atoms. The third-order valence-corrected chi connectivity index (χ3v) is 3.51. The zero-order valence-electron chi connectivity index (χ0n) is 10.7. The van der Waals surface area contributed by atoms with E-state index >= 15 is 0 Å². The summed E-state index contributed by atoms with van der Waals surface area (Å²) >= 11 is 0. The lowest BCUT2D eigenvalue weighted by molar-refractivity contribution is 0.531. The average Bonchev–Trinajstić information content (AvgIpc) is 2.67. The van der Waals surface area contributed by atoms with Crippen LogP contribution in [0, 0.1) is 0 Å². The summed E-state index contributed by atoms with van der Waals surface area (Å²) in [5.41, 5.74) is 4.60. The van der Waals surface area contributed by atoms with Crippen molar-refractivity contribution >= 4 is 0 Å². The minimum atomic E-state index is 0.646. The Labute approximate surface area is 99.3 Å². The summed E-state index contributed by atoms with van der Waals surface area (Å²) in [5.74, 6) is 0.646. The highest BCUT2D eigenvalue weighted by Gasteiger charge is 2.20. The maximum atomic E-state index is 3.63. The maximum absolute atomic E-state index is 3.63. The van der Waals surface area contributed by atoms with Crippen molar-refractivity contribution in [1.82, 2.24) is 5.32 Å². The highest BCUT2D eigenvalue weighted by molar-refractivity contribution is 5.38. The molecule has 0 fully saturated rings. The van der Waals surface area contributed by atoms with Crippen LogP contribution in [0.3, 0.4) is 0 Å². The summed E-state index contributed by atoms with van der Waals surface area (Å²) in [6.45, 7) is 7.91. The van der Waals surface area contributed by atoms with Crippen LogP contribution >= 0.6 is 0 Å². The summed E-state index contributed by atoms with van der Waals surface area (Å²) in [5, 5.41) is 3.63. The predicted molar refractivity (Wildman–Crippen MR) is 70.0 cm³/mol. The average molecular weight is 217 g/mol. The first-order chi connectivity index (χ1) is 7.70. The molecule has 1 N–H and O–H groups in total. The van der Waals surface area contributed by atoms with Gasteiger partial charge in [-0.15, -0.1) is 0 Å². The third-order valence-electron chi connectivity index (χ3n) is 3.51. The second-order valence-corrected chi connectivity index (χ2v) is 5.24. The molecule has 0 saturated heterocycles. The fourth-order valence-corrected chi connectivity index (χ4v) is 2.49. The van der Waals surface area contributed by atoms with E-state index in [1.165, 1.54) is 24.8 Å². The van der Waals surface area contributed by atoms with Crippen LogP contribution in [0.4, 0.5) is 0 Å². The highest BCUT2D eigenvalue weighted by atomic mass is 14.9. The van der Waals surface area contributed by atoms with Crippen LogP contribution in [-0.2, 0) is 12.8 Å². The van der Waals surface area contributed by atoms with Crippen molar-refractivity contribution in [2.75, 3.05) is 6.54 Å². The fraction of sp³-hybridized carbons (Fsp3) is 0.600. The van der Waals surface area contributed by atoms with Gasteiger partial charge in [0, 0.05) is 6.04 Å². The summed E-state index contributed by atoms with van der Waals surface area (Å²) < 4.78 is 0. The highest BCUT2D eigenvalue weighted by Crippen LogP contribution is 2.26. The molecule has 1 aliphatic rings. The van der Waals surface area contributed by atoms with Crippen molar-refractivity contribution in [3.63, 3.8) is 0 Å². The van der Waals surface area contributed by atoms with E-state index in [0.29, 0.717) is 12.0 Å². The Balaban J connectivity index is 2.06. The Morgan fingerprint density at radius 2 is 2.00 bits per heavy atom. The molecule has 0 radical (unpaired) electrons. The smallest absolute Gasteiger partial charge is 0.0148 e. The van der Waals surface area contributed by atoms with Crippen LogP contribution < -0.4 is 5.32 Å². The molecule has 1 aromatic rings. The molecule has 88 valence electrons. The standard InChI is InChI=1S/C15H23N/c1-4-7-16-15-9-13-6-5-12(11(2)3)8-14(13)10-15/h5-6,8,11,15-16H,4,7,9-10H2,1-3H3. The van der Waals surface area contributed by atoms with E-state index in [0.717, 1.165) is 6.54 Å². The predicted octanol–water partition coefficient (Wildman–Crippen LogP) is 3.28. The molecule has 1 aliphatic carbocycles. The number of fused-ring (bicyclic) bond motifs is 1. The van der Waals surface area contributed by atoms with Gasteiger partial charge in [0.25, 0.3) is 0 Å². The number of benzene rings is 1. The zero-order valence-corrected chi connectivity index (χ0v) is 10.7. The van der Waals surface area contributed by atoms with E-state index in [2.05, 4.69) is 44.3 Å². The van der Waals surface area contributed by atoms with Gasteiger partial charge in [0.1, 0.15) is 0 Å². The van der Waals surface area contributed by atoms with E-state index < -0.39 is 0 Å². The van der Waals surface area contributed by atoms with Crippen molar-refractivity contribution < 1.29 is 0 Å². The van der Waals surface area contributed by atoms with Crippen LogP contribution in [0.5, 0.6) is 0 Å². The molecule has 0 amide bonds. The first kappa shape index (κ1) is 11.7. The monoisotopic (exact) mass is 217 g/mol. The summed E-state index contributed by atoms with van der Waals surface area (Å²) in [7, 11) is 0.